The average Bonchev–Trinajstić information content (AvgIpc) is 3.00. The molecule has 0 aliphatic heterocycles. The first-order valence-electron chi connectivity index (χ1n) is 6.09. The summed E-state index contributed by atoms with van der Waals surface area (Å²) < 4.78 is 1.95. The summed E-state index contributed by atoms with van der Waals surface area (Å²) in [5.74, 6) is 0. The highest BCUT2D eigenvalue weighted by molar-refractivity contribution is 5.31. The van der Waals surface area contributed by atoms with Gasteiger partial charge in [0.1, 0.15) is 0 Å². The summed E-state index contributed by atoms with van der Waals surface area (Å²) in [6, 6.07) is 10.2. The Morgan fingerprint density at radius 1 is 1.29 bits per heavy atom. The maximum Gasteiger partial charge on any atom is 0.0645 e. The van der Waals surface area contributed by atoms with Gasteiger partial charge in [-0.05, 0) is 44.0 Å². The Balaban J connectivity index is 1.79. The van der Waals surface area contributed by atoms with Crippen LogP contribution in [0.15, 0.2) is 42.7 Å². The number of aromatic nitrogens is 2. The Morgan fingerprint density at radius 2 is 2.06 bits per heavy atom. The molecule has 3 heteroatoms. The lowest BCUT2D eigenvalue weighted by Crippen LogP contribution is -2.29. The summed E-state index contributed by atoms with van der Waals surface area (Å²) in [6.07, 6.45) is 7.74. The number of para-hydroxylation sites is 1. The zero-order chi connectivity index (χ0) is 11.7. The van der Waals surface area contributed by atoms with Crippen molar-refractivity contribution in [3.8, 4) is 5.69 Å². The number of likely N-dealkylation sites (N-methyl/N-ethyl adjacent to an activating group) is 1. The molecule has 0 saturated heterocycles. The van der Waals surface area contributed by atoms with Crippen molar-refractivity contribution in [2.24, 2.45) is 0 Å². The van der Waals surface area contributed by atoms with Gasteiger partial charge in [-0.2, -0.15) is 5.10 Å². The Hall–Kier alpha value is -1.61. The molecule has 0 atom stereocenters. The molecule has 3 rings (SSSR count). The first-order valence-corrected chi connectivity index (χ1v) is 6.09. The van der Waals surface area contributed by atoms with Crippen LogP contribution in [0.2, 0.25) is 0 Å². The highest BCUT2D eigenvalue weighted by Crippen LogP contribution is 2.38. The molecule has 0 unspecified atom stereocenters. The van der Waals surface area contributed by atoms with E-state index >= 15 is 0 Å². The molecule has 1 aliphatic carbocycles. The van der Waals surface area contributed by atoms with Gasteiger partial charge in [-0.25, -0.2) is 4.68 Å². The molecule has 1 aliphatic rings. The number of rotatable bonds is 4. The second-order valence-corrected chi connectivity index (χ2v) is 4.84. The van der Waals surface area contributed by atoms with Gasteiger partial charge in [0.2, 0.25) is 0 Å². The smallest absolute Gasteiger partial charge is 0.0645 e. The molecule has 1 heterocycles. The van der Waals surface area contributed by atoms with Crippen LogP contribution < -0.4 is 5.32 Å². The zero-order valence-electron chi connectivity index (χ0n) is 10.1. The number of benzene rings is 1. The van der Waals surface area contributed by atoms with E-state index in [1.165, 1.54) is 18.4 Å². The Bertz CT molecular complexity index is 497. The molecule has 1 aromatic carbocycles. The quantitative estimate of drug-likeness (QED) is 0.867. The summed E-state index contributed by atoms with van der Waals surface area (Å²) in [4.78, 5) is 0. The van der Waals surface area contributed by atoms with Crippen LogP contribution in [0.5, 0.6) is 0 Å². The summed E-state index contributed by atoms with van der Waals surface area (Å²) in [5.41, 5.74) is 2.78. The summed E-state index contributed by atoms with van der Waals surface area (Å²) in [6.45, 7) is 0. The minimum atomic E-state index is 0.352. The van der Waals surface area contributed by atoms with Crippen LogP contribution in [0, 0.1) is 0 Å². The third-order valence-electron chi connectivity index (χ3n) is 3.58. The summed E-state index contributed by atoms with van der Waals surface area (Å²) in [5, 5.41) is 7.83. The Morgan fingerprint density at radius 3 is 2.71 bits per heavy atom. The topological polar surface area (TPSA) is 29.9 Å². The van der Waals surface area contributed by atoms with E-state index in [4.69, 9.17) is 0 Å². The SMILES string of the molecule is CNC1(Cc2cnn(-c3ccccc3)c2)CC1. The van der Waals surface area contributed by atoms with Crippen LogP contribution >= 0.6 is 0 Å². The molecule has 1 fully saturated rings. The molecule has 0 radical (unpaired) electrons. The van der Waals surface area contributed by atoms with Gasteiger partial charge < -0.3 is 5.32 Å². The van der Waals surface area contributed by atoms with Gasteiger partial charge in [-0.15, -0.1) is 0 Å². The lowest BCUT2D eigenvalue weighted by Gasteiger charge is -2.11. The number of nitrogens with zero attached hydrogens (tertiary/aromatic N) is 2. The molecule has 1 aromatic heterocycles. The lowest BCUT2D eigenvalue weighted by atomic mass is 10.1. The molecule has 1 saturated carbocycles. The molecule has 0 spiro atoms. The highest BCUT2D eigenvalue weighted by atomic mass is 15.3. The van der Waals surface area contributed by atoms with E-state index in [1.807, 2.05) is 29.1 Å². The van der Waals surface area contributed by atoms with E-state index in [9.17, 15) is 0 Å². The molecular weight excluding hydrogens is 210 g/mol. The fourth-order valence-corrected chi connectivity index (χ4v) is 2.23. The van der Waals surface area contributed by atoms with Crippen molar-refractivity contribution in [1.29, 1.82) is 0 Å². The number of nitrogens with one attached hydrogen (secondary N) is 1. The molecular formula is C14H17N3. The zero-order valence-corrected chi connectivity index (χ0v) is 10.1. The van der Waals surface area contributed by atoms with Gasteiger partial charge in [0.05, 0.1) is 11.9 Å². The van der Waals surface area contributed by atoms with Crippen molar-refractivity contribution < 1.29 is 0 Å². The van der Waals surface area contributed by atoms with Gasteiger partial charge in [0.25, 0.3) is 0 Å². The van der Waals surface area contributed by atoms with Crippen LogP contribution in [-0.4, -0.2) is 22.4 Å². The van der Waals surface area contributed by atoms with Gasteiger partial charge in [-0.3, -0.25) is 0 Å². The standard InChI is InChI=1S/C14H17N3/c1-15-14(7-8-14)9-12-10-16-17(11-12)13-5-3-2-4-6-13/h2-6,10-11,15H,7-9H2,1H3. The lowest BCUT2D eigenvalue weighted by molar-refractivity contribution is 0.548. The van der Waals surface area contributed by atoms with Gasteiger partial charge in [0.15, 0.2) is 0 Å². The van der Waals surface area contributed by atoms with E-state index in [-0.39, 0.29) is 0 Å². The summed E-state index contributed by atoms with van der Waals surface area (Å²) >= 11 is 0. The minimum absolute atomic E-state index is 0.352. The average molecular weight is 227 g/mol. The van der Waals surface area contributed by atoms with Crippen molar-refractivity contribution >= 4 is 0 Å². The molecule has 88 valence electrons. The van der Waals surface area contributed by atoms with Crippen LogP contribution in [-0.2, 0) is 6.42 Å². The van der Waals surface area contributed by atoms with E-state index in [1.54, 1.807) is 0 Å². The van der Waals surface area contributed by atoms with E-state index in [0.717, 1.165) is 12.1 Å². The third kappa shape index (κ3) is 2.11. The second kappa shape index (κ2) is 4.00. The maximum atomic E-state index is 4.42. The van der Waals surface area contributed by atoms with Gasteiger partial charge in [0, 0.05) is 11.7 Å². The van der Waals surface area contributed by atoms with Crippen molar-refractivity contribution in [3.63, 3.8) is 0 Å². The Kier molecular flexibility index (Phi) is 2.48. The van der Waals surface area contributed by atoms with Crippen molar-refractivity contribution in [1.82, 2.24) is 15.1 Å². The fourth-order valence-electron chi connectivity index (χ4n) is 2.23. The molecule has 0 bridgehead atoms. The number of hydrogen-bond donors (Lipinski definition) is 1. The molecule has 2 aromatic rings. The summed E-state index contributed by atoms with van der Waals surface area (Å²) in [7, 11) is 2.05. The molecule has 3 nitrogen and oxygen atoms in total. The van der Waals surface area contributed by atoms with E-state index in [0.29, 0.717) is 5.54 Å². The molecule has 1 N–H and O–H groups in total. The number of hydrogen-bond acceptors (Lipinski definition) is 2. The van der Waals surface area contributed by atoms with Crippen LogP contribution in [0.25, 0.3) is 5.69 Å². The van der Waals surface area contributed by atoms with Crippen LogP contribution in [0.3, 0.4) is 0 Å². The van der Waals surface area contributed by atoms with Crippen molar-refractivity contribution in [2.45, 2.75) is 24.8 Å². The van der Waals surface area contributed by atoms with E-state index < -0.39 is 0 Å². The monoisotopic (exact) mass is 227 g/mol. The normalized spacial score (nSPS) is 17.0. The predicted octanol–water partition coefficient (Wildman–Crippen LogP) is 2.17. The van der Waals surface area contributed by atoms with Crippen LogP contribution in [0.1, 0.15) is 18.4 Å². The first kappa shape index (κ1) is 10.5. The molecule has 0 amide bonds. The highest BCUT2D eigenvalue weighted by Gasteiger charge is 2.40. The first-order chi connectivity index (χ1) is 8.31. The maximum absolute atomic E-state index is 4.42. The van der Waals surface area contributed by atoms with Crippen molar-refractivity contribution in [2.75, 3.05) is 7.05 Å². The second-order valence-electron chi connectivity index (χ2n) is 4.84. The van der Waals surface area contributed by atoms with Gasteiger partial charge in [-0.1, -0.05) is 18.2 Å². The fraction of sp³-hybridized carbons (Fsp3) is 0.357. The van der Waals surface area contributed by atoms with Crippen LogP contribution in [0.4, 0.5) is 0 Å². The minimum Gasteiger partial charge on any atom is -0.314 e. The predicted molar refractivity (Wildman–Crippen MR) is 68.3 cm³/mol. The van der Waals surface area contributed by atoms with E-state index in [2.05, 4.69) is 35.8 Å². The molecule has 17 heavy (non-hydrogen) atoms. The third-order valence-corrected chi connectivity index (χ3v) is 3.58. The Labute approximate surface area is 101 Å². The van der Waals surface area contributed by atoms with Gasteiger partial charge >= 0.3 is 0 Å². The van der Waals surface area contributed by atoms with Crippen molar-refractivity contribution in [3.05, 3.63) is 48.3 Å². The largest absolute Gasteiger partial charge is 0.314 e.